The van der Waals surface area contributed by atoms with Crippen molar-refractivity contribution in [3.8, 4) is 0 Å². The standard InChI is InChI=1S/C12H16Cl2N2O2S/c1-8-5-9(15)7-16(6-8)19(17,18)12-10(13)3-2-4-11(12)14/h2-4,8-9H,5-7,15H2,1H3. The van der Waals surface area contributed by atoms with Crippen LogP contribution in [0.3, 0.4) is 0 Å². The number of hydrogen-bond acceptors (Lipinski definition) is 3. The molecule has 1 heterocycles. The molecule has 1 aliphatic rings. The number of sulfonamides is 1. The Kier molecular flexibility index (Phi) is 4.42. The van der Waals surface area contributed by atoms with Gasteiger partial charge in [-0.1, -0.05) is 36.2 Å². The van der Waals surface area contributed by atoms with Gasteiger partial charge in [0.15, 0.2) is 0 Å². The molecule has 0 saturated carbocycles. The molecule has 2 rings (SSSR count). The minimum absolute atomic E-state index is 0.0281. The lowest BCUT2D eigenvalue weighted by atomic mass is 9.99. The summed E-state index contributed by atoms with van der Waals surface area (Å²) in [5, 5.41) is 0.276. The largest absolute Gasteiger partial charge is 0.326 e. The summed E-state index contributed by atoms with van der Waals surface area (Å²) < 4.78 is 26.6. The molecule has 4 nitrogen and oxygen atoms in total. The number of hydrogen-bond donors (Lipinski definition) is 1. The number of halogens is 2. The number of nitrogens with two attached hydrogens (primary N) is 1. The first kappa shape index (κ1) is 15.1. The van der Waals surface area contributed by atoms with E-state index in [0.29, 0.717) is 13.1 Å². The van der Waals surface area contributed by atoms with Gasteiger partial charge in [-0.2, -0.15) is 4.31 Å². The normalized spacial score (nSPS) is 25.5. The summed E-state index contributed by atoms with van der Waals surface area (Å²) in [6.07, 6.45) is 0.822. The zero-order valence-corrected chi connectivity index (χ0v) is 12.8. The highest BCUT2D eigenvalue weighted by Gasteiger charge is 2.34. The Hall–Kier alpha value is -0.330. The molecule has 1 fully saturated rings. The lowest BCUT2D eigenvalue weighted by molar-refractivity contribution is 0.254. The van der Waals surface area contributed by atoms with Crippen LogP contribution in [0.4, 0.5) is 0 Å². The molecule has 0 spiro atoms. The average molecular weight is 323 g/mol. The fourth-order valence-corrected chi connectivity index (χ4v) is 5.11. The lowest BCUT2D eigenvalue weighted by Crippen LogP contribution is -2.48. The van der Waals surface area contributed by atoms with Crippen molar-refractivity contribution in [2.24, 2.45) is 11.7 Å². The maximum atomic E-state index is 12.6. The van der Waals surface area contributed by atoms with E-state index in [4.69, 9.17) is 28.9 Å². The molecule has 1 aromatic carbocycles. The highest BCUT2D eigenvalue weighted by Crippen LogP contribution is 2.33. The molecule has 0 aliphatic carbocycles. The van der Waals surface area contributed by atoms with Crippen LogP contribution < -0.4 is 5.73 Å². The van der Waals surface area contributed by atoms with Crippen molar-refractivity contribution in [3.63, 3.8) is 0 Å². The molecule has 0 radical (unpaired) electrons. The Morgan fingerprint density at radius 2 is 1.84 bits per heavy atom. The quantitative estimate of drug-likeness (QED) is 0.909. The number of benzene rings is 1. The zero-order chi connectivity index (χ0) is 14.2. The Balaban J connectivity index is 2.42. The summed E-state index contributed by atoms with van der Waals surface area (Å²) in [5.74, 6) is 0.222. The van der Waals surface area contributed by atoms with Crippen LogP contribution in [0.5, 0.6) is 0 Å². The molecular weight excluding hydrogens is 307 g/mol. The minimum Gasteiger partial charge on any atom is -0.326 e. The molecule has 106 valence electrons. The molecule has 1 aromatic rings. The second-order valence-electron chi connectivity index (χ2n) is 4.97. The maximum Gasteiger partial charge on any atom is 0.246 e. The SMILES string of the molecule is CC1CC(N)CN(S(=O)(=O)c2c(Cl)cccc2Cl)C1. The summed E-state index contributed by atoms with van der Waals surface area (Å²) >= 11 is 12.0. The van der Waals surface area contributed by atoms with Gasteiger partial charge in [0, 0.05) is 19.1 Å². The Bertz CT molecular complexity index is 547. The van der Waals surface area contributed by atoms with Crippen molar-refractivity contribution < 1.29 is 8.42 Å². The van der Waals surface area contributed by atoms with E-state index < -0.39 is 10.0 Å². The molecule has 2 N–H and O–H groups in total. The highest BCUT2D eigenvalue weighted by atomic mass is 35.5. The predicted octanol–water partition coefficient (Wildman–Crippen LogP) is 2.35. The van der Waals surface area contributed by atoms with Gasteiger partial charge >= 0.3 is 0 Å². The second kappa shape index (κ2) is 5.58. The van der Waals surface area contributed by atoms with Crippen LogP contribution in [0, 0.1) is 5.92 Å². The third-order valence-corrected chi connectivity index (χ3v) is 5.96. The van der Waals surface area contributed by atoms with Gasteiger partial charge in [-0.25, -0.2) is 8.42 Å². The Morgan fingerprint density at radius 1 is 1.26 bits per heavy atom. The van der Waals surface area contributed by atoms with Crippen LogP contribution in [0.25, 0.3) is 0 Å². The fraction of sp³-hybridized carbons (Fsp3) is 0.500. The third-order valence-electron chi connectivity index (χ3n) is 3.18. The first-order valence-corrected chi connectivity index (χ1v) is 8.21. The molecule has 1 saturated heterocycles. The molecule has 7 heteroatoms. The highest BCUT2D eigenvalue weighted by molar-refractivity contribution is 7.89. The van der Waals surface area contributed by atoms with Crippen LogP contribution in [-0.2, 0) is 10.0 Å². The molecule has 0 amide bonds. The summed E-state index contributed by atoms with van der Waals surface area (Å²) in [6.45, 7) is 2.72. The van der Waals surface area contributed by atoms with Gasteiger partial charge in [0.2, 0.25) is 10.0 Å². The monoisotopic (exact) mass is 322 g/mol. The maximum absolute atomic E-state index is 12.6. The van der Waals surface area contributed by atoms with Gasteiger partial charge < -0.3 is 5.73 Å². The first-order valence-electron chi connectivity index (χ1n) is 6.02. The summed E-state index contributed by atoms with van der Waals surface area (Å²) in [6, 6.07) is 4.51. The lowest BCUT2D eigenvalue weighted by Gasteiger charge is -2.34. The van der Waals surface area contributed by atoms with Crippen molar-refractivity contribution in [1.29, 1.82) is 0 Å². The number of piperidine rings is 1. The van der Waals surface area contributed by atoms with Gasteiger partial charge in [-0.15, -0.1) is 0 Å². The molecule has 2 atom stereocenters. The van der Waals surface area contributed by atoms with Crippen LogP contribution in [0.15, 0.2) is 23.1 Å². The van der Waals surface area contributed by atoms with Gasteiger partial charge in [-0.05, 0) is 24.5 Å². The van der Waals surface area contributed by atoms with Crippen LogP contribution in [-0.4, -0.2) is 31.9 Å². The minimum atomic E-state index is -3.70. The average Bonchev–Trinajstić information content (AvgIpc) is 2.26. The van der Waals surface area contributed by atoms with Gasteiger partial charge in [0.1, 0.15) is 4.90 Å². The third kappa shape index (κ3) is 3.06. The van der Waals surface area contributed by atoms with E-state index in [2.05, 4.69) is 0 Å². The Morgan fingerprint density at radius 3 is 2.37 bits per heavy atom. The van der Waals surface area contributed by atoms with E-state index in [1.165, 1.54) is 16.4 Å². The van der Waals surface area contributed by atoms with Crippen molar-refractivity contribution in [2.75, 3.05) is 13.1 Å². The van der Waals surface area contributed by atoms with E-state index in [-0.39, 0.29) is 26.9 Å². The smallest absolute Gasteiger partial charge is 0.246 e. The van der Waals surface area contributed by atoms with Gasteiger partial charge in [0.05, 0.1) is 10.0 Å². The Labute approximate surface area is 123 Å². The molecule has 0 aromatic heterocycles. The predicted molar refractivity (Wildman–Crippen MR) is 77.0 cm³/mol. The second-order valence-corrected chi connectivity index (χ2v) is 7.66. The van der Waals surface area contributed by atoms with E-state index >= 15 is 0 Å². The van der Waals surface area contributed by atoms with Crippen molar-refractivity contribution >= 4 is 33.2 Å². The first-order chi connectivity index (χ1) is 8.82. The molecule has 19 heavy (non-hydrogen) atoms. The molecule has 0 bridgehead atoms. The summed E-state index contributed by atoms with van der Waals surface area (Å²) in [5.41, 5.74) is 5.89. The van der Waals surface area contributed by atoms with Crippen LogP contribution in [0.1, 0.15) is 13.3 Å². The van der Waals surface area contributed by atoms with Crippen molar-refractivity contribution in [2.45, 2.75) is 24.3 Å². The molecule has 1 aliphatic heterocycles. The fourth-order valence-electron chi connectivity index (χ4n) is 2.40. The van der Waals surface area contributed by atoms with Crippen LogP contribution >= 0.6 is 23.2 Å². The van der Waals surface area contributed by atoms with E-state index in [9.17, 15) is 8.42 Å². The molecule has 2 unspecified atom stereocenters. The summed E-state index contributed by atoms with van der Waals surface area (Å²) in [7, 11) is -3.70. The zero-order valence-electron chi connectivity index (χ0n) is 10.5. The topological polar surface area (TPSA) is 63.4 Å². The number of rotatable bonds is 2. The van der Waals surface area contributed by atoms with Crippen LogP contribution in [0.2, 0.25) is 10.0 Å². The van der Waals surface area contributed by atoms with E-state index in [1.54, 1.807) is 6.07 Å². The molecular formula is C12H16Cl2N2O2S. The van der Waals surface area contributed by atoms with Crippen molar-refractivity contribution in [1.82, 2.24) is 4.31 Å². The van der Waals surface area contributed by atoms with Crippen molar-refractivity contribution in [3.05, 3.63) is 28.2 Å². The van der Waals surface area contributed by atoms with E-state index in [0.717, 1.165) is 6.42 Å². The number of nitrogens with zero attached hydrogens (tertiary/aromatic N) is 1. The van der Waals surface area contributed by atoms with Gasteiger partial charge in [-0.3, -0.25) is 0 Å². The van der Waals surface area contributed by atoms with Gasteiger partial charge in [0.25, 0.3) is 0 Å². The van der Waals surface area contributed by atoms with E-state index in [1.807, 2.05) is 6.92 Å². The summed E-state index contributed by atoms with van der Waals surface area (Å²) in [4.78, 5) is -0.0281.